The summed E-state index contributed by atoms with van der Waals surface area (Å²) in [5.41, 5.74) is 7.75. The lowest BCUT2D eigenvalue weighted by molar-refractivity contribution is 0.0963. The van der Waals surface area contributed by atoms with Gasteiger partial charge in [-0.3, -0.25) is 4.90 Å². The number of piperidine rings is 1. The summed E-state index contributed by atoms with van der Waals surface area (Å²) in [4.78, 5) is 2.51. The normalized spacial score (nSPS) is 21.1. The smallest absolute Gasteiger partial charge is 0.119 e. The lowest BCUT2D eigenvalue weighted by Gasteiger charge is -2.41. The first-order chi connectivity index (χ1) is 9.05. The molecular formula is C16H26N2O. The van der Waals surface area contributed by atoms with E-state index >= 15 is 0 Å². The van der Waals surface area contributed by atoms with Crippen LogP contribution in [-0.4, -0.2) is 31.6 Å². The van der Waals surface area contributed by atoms with E-state index in [-0.39, 0.29) is 0 Å². The van der Waals surface area contributed by atoms with E-state index in [1.165, 1.54) is 18.4 Å². The highest BCUT2D eigenvalue weighted by Crippen LogP contribution is 2.34. The zero-order valence-corrected chi connectivity index (χ0v) is 12.4. The highest BCUT2D eigenvalue weighted by atomic mass is 16.5. The van der Waals surface area contributed by atoms with E-state index in [1.54, 1.807) is 7.11 Å². The molecule has 1 unspecified atom stereocenters. The second kappa shape index (κ2) is 5.93. The SMILES string of the molecule is COc1cccc(C(CN)N2CCC(C)(C)CC2)c1. The third-order valence-corrected chi connectivity index (χ3v) is 4.29. The second-order valence-corrected chi connectivity index (χ2v) is 6.23. The van der Waals surface area contributed by atoms with Crippen LogP contribution in [0.1, 0.15) is 38.3 Å². The largest absolute Gasteiger partial charge is 0.497 e. The summed E-state index contributed by atoms with van der Waals surface area (Å²) in [5.74, 6) is 0.910. The Hall–Kier alpha value is -1.06. The van der Waals surface area contributed by atoms with Gasteiger partial charge in [0.25, 0.3) is 0 Å². The number of hydrogen-bond acceptors (Lipinski definition) is 3. The third kappa shape index (κ3) is 3.48. The zero-order valence-electron chi connectivity index (χ0n) is 12.4. The molecule has 0 bridgehead atoms. The summed E-state index contributed by atoms with van der Waals surface area (Å²) in [7, 11) is 1.71. The number of nitrogens with zero attached hydrogens (tertiary/aromatic N) is 1. The van der Waals surface area contributed by atoms with Gasteiger partial charge >= 0.3 is 0 Å². The number of rotatable bonds is 4. The molecule has 1 saturated heterocycles. The average Bonchev–Trinajstić information content (AvgIpc) is 2.41. The van der Waals surface area contributed by atoms with Crippen molar-refractivity contribution >= 4 is 0 Å². The first-order valence-electron chi connectivity index (χ1n) is 7.14. The van der Waals surface area contributed by atoms with E-state index < -0.39 is 0 Å². The average molecular weight is 262 g/mol. The fourth-order valence-electron chi connectivity index (χ4n) is 2.79. The standard InChI is InChI=1S/C16H26N2O/c1-16(2)7-9-18(10-8-16)15(12-17)13-5-4-6-14(11-13)19-3/h4-6,11,15H,7-10,12,17H2,1-3H3. The fourth-order valence-corrected chi connectivity index (χ4v) is 2.79. The van der Waals surface area contributed by atoms with Gasteiger partial charge in [0.15, 0.2) is 0 Å². The van der Waals surface area contributed by atoms with Crippen molar-refractivity contribution in [3.8, 4) is 5.75 Å². The third-order valence-electron chi connectivity index (χ3n) is 4.29. The van der Waals surface area contributed by atoms with Crippen LogP contribution in [0.2, 0.25) is 0 Å². The van der Waals surface area contributed by atoms with Crippen LogP contribution in [0.3, 0.4) is 0 Å². The van der Waals surface area contributed by atoms with E-state index in [2.05, 4.69) is 30.9 Å². The van der Waals surface area contributed by atoms with Crippen molar-refractivity contribution < 1.29 is 4.74 Å². The molecule has 1 aromatic rings. The van der Waals surface area contributed by atoms with Gasteiger partial charge in [-0.05, 0) is 49.0 Å². The van der Waals surface area contributed by atoms with Crippen molar-refractivity contribution in [2.45, 2.75) is 32.7 Å². The van der Waals surface area contributed by atoms with Crippen LogP contribution in [0.4, 0.5) is 0 Å². The lowest BCUT2D eigenvalue weighted by Crippen LogP contribution is -2.42. The molecule has 19 heavy (non-hydrogen) atoms. The quantitative estimate of drug-likeness (QED) is 0.907. The highest BCUT2D eigenvalue weighted by molar-refractivity contribution is 5.30. The number of hydrogen-bond donors (Lipinski definition) is 1. The molecule has 0 saturated carbocycles. The number of ether oxygens (including phenoxy) is 1. The van der Waals surface area contributed by atoms with Crippen molar-refractivity contribution in [1.29, 1.82) is 0 Å². The lowest BCUT2D eigenvalue weighted by atomic mass is 9.82. The van der Waals surface area contributed by atoms with Crippen LogP contribution in [0.25, 0.3) is 0 Å². The highest BCUT2D eigenvalue weighted by Gasteiger charge is 2.29. The minimum Gasteiger partial charge on any atom is -0.497 e. The molecule has 3 nitrogen and oxygen atoms in total. The molecule has 2 rings (SSSR count). The molecule has 1 aliphatic heterocycles. The first-order valence-corrected chi connectivity index (χ1v) is 7.14. The molecular weight excluding hydrogens is 236 g/mol. The van der Waals surface area contributed by atoms with E-state index in [1.807, 2.05) is 12.1 Å². The summed E-state index contributed by atoms with van der Waals surface area (Å²) < 4.78 is 5.31. The van der Waals surface area contributed by atoms with Gasteiger partial charge in [0.1, 0.15) is 5.75 Å². The van der Waals surface area contributed by atoms with Crippen LogP contribution in [0.15, 0.2) is 24.3 Å². The maximum atomic E-state index is 6.01. The predicted molar refractivity (Wildman–Crippen MR) is 79.4 cm³/mol. The molecule has 0 spiro atoms. The summed E-state index contributed by atoms with van der Waals surface area (Å²) in [6.45, 7) is 7.63. The Labute approximate surface area is 116 Å². The number of likely N-dealkylation sites (tertiary alicyclic amines) is 1. The maximum Gasteiger partial charge on any atom is 0.119 e. The zero-order chi connectivity index (χ0) is 13.9. The van der Waals surface area contributed by atoms with E-state index in [9.17, 15) is 0 Å². The van der Waals surface area contributed by atoms with Crippen molar-refractivity contribution in [3.63, 3.8) is 0 Å². The molecule has 106 valence electrons. The molecule has 3 heteroatoms. The van der Waals surface area contributed by atoms with Crippen LogP contribution in [0.5, 0.6) is 5.75 Å². The van der Waals surface area contributed by atoms with Crippen molar-refractivity contribution in [2.75, 3.05) is 26.7 Å². The molecule has 1 aromatic carbocycles. The Morgan fingerprint density at radius 2 is 2.00 bits per heavy atom. The second-order valence-electron chi connectivity index (χ2n) is 6.23. The topological polar surface area (TPSA) is 38.5 Å². The molecule has 0 aliphatic carbocycles. The van der Waals surface area contributed by atoms with Crippen molar-refractivity contribution in [1.82, 2.24) is 4.90 Å². The van der Waals surface area contributed by atoms with Crippen LogP contribution in [0, 0.1) is 5.41 Å². The molecule has 0 amide bonds. The fraction of sp³-hybridized carbons (Fsp3) is 0.625. The maximum absolute atomic E-state index is 6.01. The first kappa shape index (κ1) is 14.4. The number of methoxy groups -OCH3 is 1. The molecule has 1 heterocycles. The van der Waals surface area contributed by atoms with Crippen LogP contribution in [-0.2, 0) is 0 Å². The van der Waals surface area contributed by atoms with Gasteiger partial charge in [-0.15, -0.1) is 0 Å². The monoisotopic (exact) mass is 262 g/mol. The minimum absolute atomic E-state index is 0.311. The van der Waals surface area contributed by atoms with Crippen LogP contribution >= 0.6 is 0 Å². The van der Waals surface area contributed by atoms with Gasteiger partial charge in [-0.2, -0.15) is 0 Å². The van der Waals surface area contributed by atoms with Gasteiger partial charge < -0.3 is 10.5 Å². The van der Waals surface area contributed by atoms with E-state index in [0.717, 1.165) is 18.8 Å². The van der Waals surface area contributed by atoms with Gasteiger partial charge in [0.2, 0.25) is 0 Å². The van der Waals surface area contributed by atoms with Gasteiger partial charge in [0, 0.05) is 12.6 Å². The Morgan fingerprint density at radius 1 is 1.32 bits per heavy atom. The minimum atomic E-state index is 0.311. The molecule has 0 aromatic heterocycles. The van der Waals surface area contributed by atoms with Gasteiger partial charge in [-0.25, -0.2) is 0 Å². The van der Waals surface area contributed by atoms with E-state index in [4.69, 9.17) is 10.5 Å². The Balaban J connectivity index is 2.11. The van der Waals surface area contributed by atoms with Crippen molar-refractivity contribution in [2.24, 2.45) is 11.1 Å². The van der Waals surface area contributed by atoms with Gasteiger partial charge in [0.05, 0.1) is 7.11 Å². The van der Waals surface area contributed by atoms with Crippen LogP contribution < -0.4 is 10.5 Å². The molecule has 1 atom stereocenters. The summed E-state index contributed by atoms with van der Waals surface area (Å²) >= 11 is 0. The molecule has 2 N–H and O–H groups in total. The predicted octanol–water partition coefficient (Wildman–Crippen LogP) is 2.82. The summed E-state index contributed by atoms with van der Waals surface area (Å²) in [6, 6.07) is 8.60. The summed E-state index contributed by atoms with van der Waals surface area (Å²) in [5, 5.41) is 0. The Bertz CT molecular complexity index is 407. The van der Waals surface area contributed by atoms with Gasteiger partial charge in [-0.1, -0.05) is 26.0 Å². The Kier molecular flexibility index (Phi) is 4.48. The number of benzene rings is 1. The molecule has 0 radical (unpaired) electrons. The van der Waals surface area contributed by atoms with Crippen molar-refractivity contribution in [3.05, 3.63) is 29.8 Å². The number of nitrogens with two attached hydrogens (primary N) is 1. The molecule has 1 aliphatic rings. The summed E-state index contributed by atoms with van der Waals surface area (Å²) in [6.07, 6.45) is 2.49. The molecule has 1 fully saturated rings. The Morgan fingerprint density at radius 3 is 2.58 bits per heavy atom. The van der Waals surface area contributed by atoms with E-state index in [0.29, 0.717) is 18.0 Å².